The van der Waals surface area contributed by atoms with Crippen molar-refractivity contribution >= 4 is 163 Å². The van der Waals surface area contributed by atoms with Gasteiger partial charge in [-0.25, -0.2) is 25.3 Å². The van der Waals surface area contributed by atoms with Crippen LogP contribution in [-0.2, 0) is 30.4 Å². The number of phenols is 12. The second-order valence-electron chi connectivity index (χ2n) is 27.4. The number of rotatable bonds is 7. The van der Waals surface area contributed by atoms with Gasteiger partial charge in [-0.3, -0.25) is 38.4 Å². The van der Waals surface area contributed by atoms with Gasteiger partial charge in [0, 0.05) is 88.6 Å². The summed E-state index contributed by atoms with van der Waals surface area (Å²) in [5.41, 5.74) is -2.12. The maximum absolute atomic E-state index is 13.6. The molecule has 0 aliphatic heterocycles. The molecule has 3 aliphatic rings. The average Bonchev–Trinajstić information content (AvgIpc) is 0.656. The third kappa shape index (κ3) is 13.3. The van der Waals surface area contributed by atoms with Gasteiger partial charge in [0.25, 0.3) is 0 Å². The van der Waals surface area contributed by atoms with Crippen molar-refractivity contribution in [2.45, 2.75) is 28.5 Å². The molecular formula is C84H47N2Na3O29S3. The smallest absolute Gasteiger partial charge is 0.744 e. The van der Waals surface area contributed by atoms with Crippen LogP contribution >= 0.6 is 0 Å². The molecule has 0 unspecified atom stereocenters. The molecule has 16 aromatic carbocycles. The van der Waals surface area contributed by atoms with Crippen LogP contribution in [0.1, 0.15) is 107 Å². The largest absolute Gasteiger partial charge is 1.00 e. The van der Waals surface area contributed by atoms with E-state index in [4.69, 9.17) is 0 Å². The number of carbonyl (C=O) groups excluding carboxylic acids is 6. The number of para-hydroxylation sites is 2. The number of aromatic hydroxyl groups is 12. The van der Waals surface area contributed by atoms with Gasteiger partial charge in [-0.15, -0.1) is 0 Å². The minimum Gasteiger partial charge on any atom is -0.744 e. The third-order valence-corrected chi connectivity index (χ3v) is 23.5. The maximum atomic E-state index is 13.6. The number of ketones is 6. The molecule has 19 rings (SSSR count). The van der Waals surface area contributed by atoms with E-state index in [-0.39, 0.29) is 210 Å². The Balaban J connectivity index is 0.000000143. The fourth-order valence-corrected chi connectivity index (χ4v) is 17.8. The number of hydrogen-bond donors (Lipinski definition) is 14. The summed E-state index contributed by atoms with van der Waals surface area (Å²) in [5.74, 6) is -11.4. The Labute approximate surface area is 744 Å². The average molecular weight is 1710 g/mol. The summed E-state index contributed by atoms with van der Waals surface area (Å²) in [5, 5.41) is 133. The van der Waals surface area contributed by atoms with Crippen LogP contribution in [-0.4, -0.2) is 135 Å². The van der Waals surface area contributed by atoms with Gasteiger partial charge in [0.1, 0.15) is 81.2 Å². The molecule has 121 heavy (non-hydrogen) atoms. The van der Waals surface area contributed by atoms with E-state index in [2.05, 4.69) is 10.6 Å². The van der Waals surface area contributed by atoms with Crippen LogP contribution in [0.15, 0.2) is 188 Å². The monoisotopic (exact) mass is 1710 g/mol. The maximum Gasteiger partial charge on any atom is 1.00 e. The zero-order valence-electron chi connectivity index (χ0n) is 62.6. The molecule has 0 fully saturated rings. The van der Waals surface area contributed by atoms with Crippen LogP contribution in [0.25, 0.3) is 75.4 Å². The van der Waals surface area contributed by atoms with Crippen LogP contribution in [0.5, 0.6) is 69.0 Å². The molecule has 0 saturated carbocycles. The first-order valence-corrected chi connectivity index (χ1v) is 38.6. The van der Waals surface area contributed by atoms with Crippen LogP contribution in [0.4, 0.5) is 22.7 Å². The minimum atomic E-state index is -5.13. The predicted octanol–water partition coefficient (Wildman–Crippen LogP) is 1.91. The van der Waals surface area contributed by atoms with E-state index in [0.29, 0.717) is 49.5 Å². The second kappa shape index (κ2) is 30.7. The quantitative estimate of drug-likeness (QED) is 0.0271. The first kappa shape index (κ1) is 86.5. The molecule has 0 radical (unpaired) electrons. The molecule has 0 amide bonds. The fourth-order valence-electron chi connectivity index (χ4n) is 16.0. The molecule has 0 aromatic heterocycles. The van der Waals surface area contributed by atoms with Crippen molar-refractivity contribution in [3.8, 4) is 69.0 Å². The number of hydrogen-bond acceptors (Lipinski definition) is 31. The Hall–Kier alpha value is -12.3. The van der Waals surface area contributed by atoms with E-state index in [1.54, 1.807) is 26.0 Å². The Morgan fingerprint density at radius 2 is 0.562 bits per heavy atom. The number of phenolic OH excluding ortho intramolecular Hbond substituents is 12. The molecule has 0 spiro atoms. The second-order valence-corrected chi connectivity index (χ2v) is 31.5. The van der Waals surface area contributed by atoms with Gasteiger partial charge in [-0.05, 0) is 115 Å². The molecule has 14 N–H and O–H groups in total. The number of fused-ring (bicyclic) bond motifs is 8. The topological polar surface area (TPSA) is 575 Å². The Morgan fingerprint density at radius 1 is 0.240 bits per heavy atom. The van der Waals surface area contributed by atoms with Crippen molar-refractivity contribution in [2.24, 2.45) is 0 Å². The van der Waals surface area contributed by atoms with Crippen molar-refractivity contribution in [1.82, 2.24) is 0 Å². The first-order chi connectivity index (χ1) is 55.7. The van der Waals surface area contributed by atoms with Gasteiger partial charge in [-0.2, -0.15) is 0 Å². The van der Waals surface area contributed by atoms with Crippen LogP contribution in [0, 0.1) is 13.8 Å². The van der Waals surface area contributed by atoms with Crippen molar-refractivity contribution in [1.29, 1.82) is 0 Å². The van der Waals surface area contributed by atoms with Gasteiger partial charge >= 0.3 is 88.7 Å². The minimum absolute atomic E-state index is 0. The van der Waals surface area contributed by atoms with Crippen LogP contribution < -0.4 is 110 Å². The first-order valence-electron chi connectivity index (χ1n) is 34.4. The summed E-state index contributed by atoms with van der Waals surface area (Å²) in [7, 11) is -14.9. The molecule has 0 saturated heterocycles. The van der Waals surface area contributed by atoms with Crippen LogP contribution in [0.3, 0.4) is 0 Å². The Morgan fingerprint density at radius 3 is 0.967 bits per heavy atom. The molecule has 31 nitrogen and oxygen atoms in total. The predicted molar refractivity (Wildman–Crippen MR) is 418 cm³/mol. The number of aryl methyl sites for hydroxylation is 2. The van der Waals surface area contributed by atoms with Gasteiger partial charge in [0.05, 0.1) is 87.5 Å². The Bertz CT molecular complexity index is 7580. The van der Waals surface area contributed by atoms with E-state index in [0.717, 1.165) is 42.5 Å². The standard InChI is InChI=1S/C30H16O8.C26H18N2O8S2.C14H8O7S.C14H8O6.3Na/c1-7-3-9(31)19-23-15(7)16-8(2)4-10(32)20-24(16)28-26-18(12(34)6-14(36)22(26)30(20)38)17-11(33)5-13(35)21(29(19)37)25(17)27(23)28;29-25-15-7-1-2-8-16(15)26(30)24-20(28-18-10-4-6-12-22(18)38(34,35)36)14-13-19(23(24)25)27-17-9-3-5-11-21(17)37(31,32)33;15-11-6-3-1-2-4-7(6)12(16)10-8(11)5-9(22(19,20)21)13(17)14(10)18;15-6-3-4-7(16)11-10(6)12(18)5-1-2-8(17)13(19)9(5)14(11)20;;;/h3-6,33-38H,1-2H3;1-14,27-28H,(H,31,32,33)(H,34,35,36);1-5,17-18H,(H,19,20,21);1-4,15-17,19H;;;/q;;;;3*+1/p-3. The molecule has 0 atom stereocenters. The molecule has 0 bridgehead atoms. The number of nitrogens with one attached hydrogen (secondary N) is 2. The number of benzene rings is 16. The van der Waals surface area contributed by atoms with E-state index >= 15 is 0 Å². The summed E-state index contributed by atoms with van der Waals surface area (Å²) >= 11 is 0. The molecule has 0 heterocycles. The van der Waals surface area contributed by atoms with Crippen molar-refractivity contribution in [3.63, 3.8) is 0 Å². The molecule has 16 aromatic rings. The normalized spacial score (nSPS) is 12.7. The van der Waals surface area contributed by atoms with E-state index in [1.807, 2.05) is 0 Å². The summed E-state index contributed by atoms with van der Waals surface area (Å²) in [6, 6.07) is 35.0. The molecule has 37 heteroatoms. The van der Waals surface area contributed by atoms with E-state index in [9.17, 15) is 139 Å². The number of carbonyl (C=O) groups is 6. The summed E-state index contributed by atoms with van der Waals surface area (Å²) in [6.07, 6.45) is 0. The Kier molecular flexibility index (Phi) is 22.0. The third-order valence-electron chi connectivity index (χ3n) is 20.8. The van der Waals surface area contributed by atoms with Gasteiger partial charge in [0.15, 0.2) is 62.8 Å². The van der Waals surface area contributed by atoms with E-state index in [1.165, 1.54) is 103 Å². The molecule has 3 aliphatic carbocycles. The SMILES string of the molecule is Cc1cc(=O)c2c(O)c3c(O)cc(O)c4c5c(O)cc(O)c6c(O)c7c(=O)cc(C)c8c1c2c(c34)c(c65)c78.O=C1c2ccc(O)c(O)c2C(=O)c2c(O)ccc(O)c21.O=C1c2ccccc2C(=O)c2c(Nc3ccccc3S(=O)(=O)[O-])ccc(Nc3ccccc3S(=O)(=O)[O-])c21.O=C1c2ccccc2C(=O)c2c1cc(S(=O)(=O)[O-])c(O)c2O.[Na+].[Na+].[Na+]. The summed E-state index contributed by atoms with van der Waals surface area (Å²) in [4.78, 5) is 101. The summed E-state index contributed by atoms with van der Waals surface area (Å²) < 4.78 is 104. The van der Waals surface area contributed by atoms with Gasteiger partial charge in [-0.1, -0.05) is 72.8 Å². The van der Waals surface area contributed by atoms with Crippen LogP contribution in [0.2, 0.25) is 0 Å². The zero-order chi connectivity index (χ0) is 84.8. The van der Waals surface area contributed by atoms with E-state index < -0.39 is 171 Å². The van der Waals surface area contributed by atoms with Crippen molar-refractivity contribution < 1.29 is 218 Å². The molecule has 588 valence electrons. The van der Waals surface area contributed by atoms with Crippen molar-refractivity contribution in [2.75, 3.05) is 10.6 Å². The fraction of sp³-hybridized carbons (Fsp3) is 0.0238. The van der Waals surface area contributed by atoms with Gasteiger partial charge < -0.3 is 85.6 Å². The zero-order valence-corrected chi connectivity index (χ0v) is 71.1. The summed E-state index contributed by atoms with van der Waals surface area (Å²) in [6.45, 7) is 3.47. The number of anilines is 4. The molecular weight excluding hydrogens is 1670 g/mol. The van der Waals surface area contributed by atoms with Crippen molar-refractivity contribution in [3.05, 3.63) is 262 Å². The van der Waals surface area contributed by atoms with Gasteiger partial charge in [0.2, 0.25) is 5.78 Å².